The van der Waals surface area contributed by atoms with Gasteiger partial charge in [0.1, 0.15) is 5.75 Å². The van der Waals surface area contributed by atoms with E-state index >= 15 is 0 Å². The lowest BCUT2D eigenvalue weighted by molar-refractivity contribution is 0.0734. The van der Waals surface area contributed by atoms with E-state index in [1.165, 1.54) is 0 Å². The minimum absolute atomic E-state index is 0.220. The Labute approximate surface area is 109 Å². The van der Waals surface area contributed by atoms with Gasteiger partial charge in [0, 0.05) is 0 Å². The van der Waals surface area contributed by atoms with E-state index in [2.05, 4.69) is 0 Å². The second-order valence-corrected chi connectivity index (χ2v) is 3.93. The van der Waals surface area contributed by atoms with Crippen LogP contribution in [0.4, 0.5) is 0 Å². The van der Waals surface area contributed by atoms with Crippen LogP contribution >= 0.6 is 11.6 Å². The third kappa shape index (κ3) is 2.57. The van der Waals surface area contributed by atoms with E-state index in [-0.39, 0.29) is 11.3 Å². The molecule has 3 nitrogen and oxygen atoms in total. The topological polar surface area (TPSA) is 43.4 Å². The van der Waals surface area contributed by atoms with Crippen molar-refractivity contribution in [2.45, 2.75) is 0 Å². The zero-order valence-corrected chi connectivity index (χ0v) is 10.1. The van der Waals surface area contributed by atoms with Crippen molar-refractivity contribution in [3.8, 4) is 5.75 Å². The number of para-hydroxylation sites is 1. The Balaban J connectivity index is 2.27. The number of aldehydes is 1. The minimum Gasteiger partial charge on any atom is -0.422 e. The van der Waals surface area contributed by atoms with Crippen LogP contribution in [-0.4, -0.2) is 12.3 Å². The molecule has 0 radical (unpaired) electrons. The Hall–Kier alpha value is -2.13. The fraction of sp³-hybridized carbons (Fsp3) is 0. The molecule has 0 saturated carbocycles. The molecule has 90 valence electrons. The third-order valence-electron chi connectivity index (χ3n) is 2.34. The van der Waals surface area contributed by atoms with Crippen LogP contribution in [0.3, 0.4) is 0 Å². The van der Waals surface area contributed by atoms with Crippen LogP contribution < -0.4 is 4.74 Å². The first kappa shape index (κ1) is 12.3. The first-order chi connectivity index (χ1) is 8.72. The van der Waals surface area contributed by atoms with Gasteiger partial charge in [0.05, 0.1) is 16.1 Å². The summed E-state index contributed by atoms with van der Waals surface area (Å²) in [5.41, 5.74) is 0.581. The third-order valence-corrected chi connectivity index (χ3v) is 2.67. The highest BCUT2D eigenvalue weighted by Gasteiger charge is 2.13. The molecule has 2 aromatic carbocycles. The van der Waals surface area contributed by atoms with Gasteiger partial charge in [-0.25, -0.2) is 4.79 Å². The summed E-state index contributed by atoms with van der Waals surface area (Å²) < 4.78 is 5.15. The molecule has 0 unspecified atom stereocenters. The molecule has 0 aliphatic carbocycles. The van der Waals surface area contributed by atoms with Crippen molar-refractivity contribution < 1.29 is 14.3 Å². The summed E-state index contributed by atoms with van der Waals surface area (Å²) in [4.78, 5) is 22.7. The van der Waals surface area contributed by atoms with Gasteiger partial charge in [0.15, 0.2) is 6.29 Å². The highest BCUT2D eigenvalue weighted by molar-refractivity contribution is 6.33. The summed E-state index contributed by atoms with van der Waals surface area (Å²) in [6.45, 7) is 0. The predicted octanol–water partition coefficient (Wildman–Crippen LogP) is 3.37. The molecule has 2 rings (SSSR count). The summed E-state index contributed by atoms with van der Waals surface area (Å²) in [5.74, 6) is -0.368. The Kier molecular flexibility index (Phi) is 3.75. The van der Waals surface area contributed by atoms with Gasteiger partial charge in [-0.3, -0.25) is 4.79 Å². The first-order valence-electron chi connectivity index (χ1n) is 5.23. The van der Waals surface area contributed by atoms with E-state index in [0.717, 1.165) is 0 Å². The van der Waals surface area contributed by atoms with Crippen LogP contribution in [0.15, 0.2) is 48.5 Å². The van der Waals surface area contributed by atoms with Crippen LogP contribution in [0.1, 0.15) is 20.7 Å². The van der Waals surface area contributed by atoms with Gasteiger partial charge in [0.25, 0.3) is 0 Å². The van der Waals surface area contributed by atoms with Crippen LogP contribution in [-0.2, 0) is 0 Å². The summed E-state index contributed by atoms with van der Waals surface area (Å²) in [6, 6.07) is 13.1. The van der Waals surface area contributed by atoms with Crippen LogP contribution in [0, 0.1) is 0 Å². The maximum Gasteiger partial charge on any atom is 0.345 e. The molecule has 2 aromatic rings. The number of hydrogen-bond donors (Lipinski definition) is 0. The van der Waals surface area contributed by atoms with Crippen molar-refractivity contribution in [1.29, 1.82) is 0 Å². The average molecular weight is 261 g/mol. The van der Waals surface area contributed by atoms with Crippen molar-refractivity contribution in [2.24, 2.45) is 0 Å². The molecule has 0 N–H and O–H groups in total. The quantitative estimate of drug-likeness (QED) is 0.483. The molecule has 0 atom stereocenters. The van der Waals surface area contributed by atoms with Gasteiger partial charge in [-0.05, 0) is 24.3 Å². The van der Waals surface area contributed by atoms with Gasteiger partial charge >= 0.3 is 5.97 Å². The monoisotopic (exact) mass is 260 g/mol. The second kappa shape index (κ2) is 5.47. The summed E-state index contributed by atoms with van der Waals surface area (Å²) in [6.07, 6.45) is 0.634. The SMILES string of the molecule is O=Cc1ccccc1OC(=O)c1ccccc1Cl. The van der Waals surface area contributed by atoms with E-state index in [9.17, 15) is 9.59 Å². The number of carbonyl (C=O) groups excluding carboxylic acids is 2. The first-order valence-corrected chi connectivity index (χ1v) is 5.61. The summed E-state index contributed by atoms with van der Waals surface area (Å²) in [5, 5.41) is 0.311. The maximum absolute atomic E-state index is 11.9. The molecular formula is C14H9ClO3. The van der Waals surface area contributed by atoms with E-state index in [1.807, 2.05) is 0 Å². The molecule has 18 heavy (non-hydrogen) atoms. The van der Waals surface area contributed by atoms with Gasteiger partial charge in [-0.15, -0.1) is 0 Å². The van der Waals surface area contributed by atoms with E-state index < -0.39 is 5.97 Å². The number of rotatable bonds is 3. The number of hydrogen-bond acceptors (Lipinski definition) is 3. The smallest absolute Gasteiger partial charge is 0.345 e. The highest BCUT2D eigenvalue weighted by atomic mass is 35.5. The molecule has 0 aliphatic rings. The molecule has 4 heteroatoms. The Bertz CT molecular complexity index is 593. The summed E-state index contributed by atoms with van der Waals surface area (Å²) in [7, 11) is 0. The number of esters is 1. The van der Waals surface area contributed by atoms with E-state index in [0.29, 0.717) is 16.9 Å². The molecule has 0 bridgehead atoms. The highest BCUT2D eigenvalue weighted by Crippen LogP contribution is 2.20. The molecule has 0 amide bonds. The minimum atomic E-state index is -0.588. The van der Waals surface area contributed by atoms with Crippen LogP contribution in [0.25, 0.3) is 0 Å². The molecular weight excluding hydrogens is 252 g/mol. The molecule has 0 aliphatic heterocycles. The lowest BCUT2D eigenvalue weighted by Crippen LogP contribution is -2.10. The molecule has 0 fully saturated rings. The molecule has 0 heterocycles. The van der Waals surface area contributed by atoms with E-state index in [1.54, 1.807) is 48.5 Å². The summed E-state index contributed by atoms with van der Waals surface area (Å²) >= 11 is 5.89. The van der Waals surface area contributed by atoms with Crippen LogP contribution in [0.5, 0.6) is 5.75 Å². The van der Waals surface area contributed by atoms with Crippen molar-refractivity contribution in [3.05, 3.63) is 64.7 Å². The van der Waals surface area contributed by atoms with Gasteiger partial charge in [-0.2, -0.15) is 0 Å². The Morgan fingerprint density at radius 2 is 1.72 bits per heavy atom. The van der Waals surface area contributed by atoms with Crippen molar-refractivity contribution in [3.63, 3.8) is 0 Å². The van der Waals surface area contributed by atoms with Gasteiger partial charge in [-0.1, -0.05) is 35.9 Å². The number of ether oxygens (including phenoxy) is 1. The number of halogens is 1. The standard InChI is InChI=1S/C14H9ClO3/c15-12-7-3-2-6-11(12)14(17)18-13-8-4-1-5-10(13)9-16/h1-9H. The van der Waals surface area contributed by atoms with Gasteiger partial charge in [0.2, 0.25) is 0 Å². The zero-order valence-electron chi connectivity index (χ0n) is 9.30. The molecule has 0 saturated heterocycles. The van der Waals surface area contributed by atoms with Gasteiger partial charge < -0.3 is 4.74 Å². The zero-order chi connectivity index (χ0) is 13.0. The lowest BCUT2D eigenvalue weighted by atomic mass is 10.2. The van der Waals surface area contributed by atoms with E-state index in [4.69, 9.17) is 16.3 Å². The largest absolute Gasteiger partial charge is 0.422 e. The number of benzene rings is 2. The second-order valence-electron chi connectivity index (χ2n) is 3.53. The Morgan fingerprint density at radius 3 is 2.44 bits per heavy atom. The lowest BCUT2D eigenvalue weighted by Gasteiger charge is -2.07. The normalized spacial score (nSPS) is 9.83. The predicted molar refractivity (Wildman–Crippen MR) is 68.2 cm³/mol. The van der Waals surface area contributed by atoms with Crippen molar-refractivity contribution >= 4 is 23.9 Å². The molecule has 0 spiro atoms. The van der Waals surface area contributed by atoms with Crippen molar-refractivity contribution in [2.75, 3.05) is 0 Å². The average Bonchev–Trinajstić information content (AvgIpc) is 2.39. The molecule has 0 aromatic heterocycles. The number of carbonyl (C=O) groups is 2. The fourth-order valence-electron chi connectivity index (χ4n) is 1.45. The fourth-order valence-corrected chi connectivity index (χ4v) is 1.67. The Morgan fingerprint density at radius 1 is 1.06 bits per heavy atom. The van der Waals surface area contributed by atoms with Crippen LogP contribution in [0.2, 0.25) is 5.02 Å². The van der Waals surface area contributed by atoms with Crippen molar-refractivity contribution in [1.82, 2.24) is 0 Å². The maximum atomic E-state index is 11.9.